The summed E-state index contributed by atoms with van der Waals surface area (Å²) in [5.74, 6) is -0.322. The zero-order valence-electron chi connectivity index (χ0n) is 16.9. The molecule has 0 radical (unpaired) electrons. The molecule has 10 heteroatoms. The molecule has 0 spiro atoms. The van der Waals surface area contributed by atoms with Crippen LogP contribution in [0.5, 0.6) is 5.75 Å². The number of nitrogens with zero attached hydrogens (tertiary/aromatic N) is 2. The fraction of sp³-hybridized carbons (Fsp3) is 0.474. The number of aromatic nitrogens is 2. The molecule has 0 aliphatic rings. The Kier molecular flexibility index (Phi) is 8.11. The van der Waals surface area contributed by atoms with Crippen molar-refractivity contribution in [1.29, 1.82) is 0 Å². The molecule has 0 aliphatic heterocycles. The Labute approximate surface area is 174 Å². The third kappa shape index (κ3) is 6.93. The Morgan fingerprint density at radius 3 is 2.41 bits per heavy atom. The number of nitrogens with one attached hydrogen (secondary N) is 2. The second-order valence-corrected chi connectivity index (χ2v) is 7.42. The lowest BCUT2D eigenvalue weighted by Gasteiger charge is -2.23. The summed E-state index contributed by atoms with van der Waals surface area (Å²) in [6.45, 7) is 5.00. The second kappa shape index (κ2) is 9.49. The summed E-state index contributed by atoms with van der Waals surface area (Å²) < 4.78 is 47.5. The van der Waals surface area contributed by atoms with E-state index in [1.807, 2.05) is 0 Å². The number of benzene rings is 1. The third-order valence-electron chi connectivity index (χ3n) is 3.87. The topological polar surface area (TPSA) is 68.2 Å². The fourth-order valence-electron chi connectivity index (χ4n) is 2.71. The summed E-state index contributed by atoms with van der Waals surface area (Å²) in [4.78, 5) is 12.5. The molecular formula is C19H26ClF3N4O2. The van der Waals surface area contributed by atoms with Crippen molar-refractivity contribution in [1.82, 2.24) is 20.4 Å². The van der Waals surface area contributed by atoms with Gasteiger partial charge >= 0.3 is 6.18 Å². The first kappa shape index (κ1) is 24.8. The van der Waals surface area contributed by atoms with E-state index in [9.17, 15) is 18.0 Å². The minimum absolute atomic E-state index is 0. The summed E-state index contributed by atoms with van der Waals surface area (Å²) in [6.07, 6.45) is -1.37. The SMILES string of the molecule is CNC(C(=O)NCc1ccc(OC(C)(C)C)cc1C(F)(F)F)c1cnn(C)c1.Cl. The molecule has 1 amide bonds. The molecule has 2 rings (SSSR count). The van der Waals surface area contributed by atoms with Crippen LogP contribution in [-0.4, -0.2) is 28.3 Å². The van der Waals surface area contributed by atoms with E-state index < -0.39 is 29.3 Å². The average molecular weight is 435 g/mol. The number of ether oxygens (including phenoxy) is 1. The van der Waals surface area contributed by atoms with Gasteiger partial charge in [-0.3, -0.25) is 9.48 Å². The largest absolute Gasteiger partial charge is 0.488 e. The van der Waals surface area contributed by atoms with E-state index in [2.05, 4.69) is 15.7 Å². The van der Waals surface area contributed by atoms with Crippen molar-refractivity contribution in [3.63, 3.8) is 0 Å². The molecule has 29 heavy (non-hydrogen) atoms. The molecule has 0 bridgehead atoms. The maximum atomic E-state index is 13.5. The van der Waals surface area contributed by atoms with E-state index in [4.69, 9.17) is 4.74 Å². The van der Waals surface area contributed by atoms with Crippen LogP contribution in [0, 0.1) is 0 Å². The van der Waals surface area contributed by atoms with Crippen molar-refractivity contribution in [3.05, 3.63) is 47.3 Å². The summed E-state index contributed by atoms with van der Waals surface area (Å²) in [6, 6.07) is 3.04. The molecule has 0 aliphatic carbocycles. The molecule has 2 N–H and O–H groups in total. The van der Waals surface area contributed by atoms with Crippen LogP contribution in [0.2, 0.25) is 0 Å². The van der Waals surface area contributed by atoms with E-state index >= 15 is 0 Å². The maximum absolute atomic E-state index is 13.5. The van der Waals surface area contributed by atoms with Gasteiger partial charge < -0.3 is 15.4 Å². The Morgan fingerprint density at radius 2 is 1.93 bits per heavy atom. The lowest BCUT2D eigenvalue weighted by molar-refractivity contribution is -0.138. The number of carbonyl (C=O) groups excluding carboxylic acids is 1. The number of hydrogen-bond acceptors (Lipinski definition) is 4. The number of likely N-dealkylation sites (N-methyl/N-ethyl adjacent to an activating group) is 1. The van der Waals surface area contributed by atoms with E-state index in [1.165, 1.54) is 18.3 Å². The zero-order valence-corrected chi connectivity index (χ0v) is 17.7. The Morgan fingerprint density at radius 1 is 1.28 bits per heavy atom. The van der Waals surface area contributed by atoms with Gasteiger partial charge in [0, 0.05) is 25.4 Å². The monoisotopic (exact) mass is 434 g/mol. The van der Waals surface area contributed by atoms with Crippen molar-refractivity contribution in [2.24, 2.45) is 7.05 Å². The number of alkyl halides is 3. The summed E-state index contributed by atoms with van der Waals surface area (Å²) in [5, 5.41) is 9.40. The predicted molar refractivity (Wildman–Crippen MR) is 106 cm³/mol. The van der Waals surface area contributed by atoms with Crippen molar-refractivity contribution in [2.75, 3.05) is 7.05 Å². The first-order valence-corrected chi connectivity index (χ1v) is 8.73. The van der Waals surface area contributed by atoms with Crippen LogP contribution in [-0.2, 0) is 24.6 Å². The van der Waals surface area contributed by atoms with Gasteiger partial charge in [0.1, 0.15) is 17.4 Å². The van der Waals surface area contributed by atoms with Gasteiger partial charge in [0.2, 0.25) is 5.91 Å². The van der Waals surface area contributed by atoms with Gasteiger partial charge in [-0.15, -0.1) is 12.4 Å². The highest BCUT2D eigenvalue weighted by molar-refractivity contribution is 5.85. The minimum Gasteiger partial charge on any atom is -0.488 e. The molecule has 1 heterocycles. The van der Waals surface area contributed by atoms with E-state index in [-0.39, 0.29) is 30.3 Å². The van der Waals surface area contributed by atoms with E-state index in [1.54, 1.807) is 45.7 Å². The fourth-order valence-corrected chi connectivity index (χ4v) is 2.71. The quantitative estimate of drug-likeness (QED) is 0.728. The van der Waals surface area contributed by atoms with E-state index in [0.29, 0.717) is 5.56 Å². The van der Waals surface area contributed by atoms with Crippen molar-refractivity contribution < 1.29 is 22.7 Å². The molecule has 1 unspecified atom stereocenters. The first-order valence-electron chi connectivity index (χ1n) is 8.73. The van der Waals surface area contributed by atoms with Crippen LogP contribution in [0.25, 0.3) is 0 Å². The molecule has 0 saturated carbocycles. The number of halogens is 4. The Hall–Kier alpha value is -2.26. The van der Waals surface area contributed by atoms with Gasteiger partial charge in [-0.1, -0.05) is 6.07 Å². The van der Waals surface area contributed by atoms with Crippen molar-refractivity contribution in [3.8, 4) is 5.75 Å². The maximum Gasteiger partial charge on any atom is 0.416 e. The lowest BCUT2D eigenvalue weighted by atomic mass is 10.1. The number of amides is 1. The van der Waals surface area contributed by atoms with Crippen LogP contribution < -0.4 is 15.4 Å². The normalized spacial score (nSPS) is 12.8. The number of hydrogen-bond donors (Lipinski definition) is 2. The van der Waals surface area contributed by atoms with Gasteiger partial charge in [-0.05, 0) is 45.5 Å². The van der Waals surface area contributed by atoms with Crippen LogP contribution >= 0.6 is 12.4 Å². The van der Waals surface area contributed by atoms with Crippen LogP contribution in [0.15, 0.2) is 30.6 Å². The van der Waals surface area contributed by atoms with Gasteiger partial charge in [0.25, 0.3) is 0 Å². The molecule has 1 aromatic carbocycles. The van der Waals surface area contributed by atoms with Crippen LogP contribution in [0.4, 0.5) is 13.2 Å². The van der Waals surface area contributed by atoms with Crippen LogP contribution in [0.3, 0.4) is 0 Å². The zero-order chi connectivity index (χ0) is 21.1. The van der Waals surface area contributed by atoms with Crippen LogP contribution in [0.1, 0.15) is 43.5 Å². The minimum atomic E-state index is -4.57. The molecule has 0 saturated heterocycles. The summed E-state index contributed by atoms with van der Waals surface area (Å²) in [7, 11) is 3.31. The van der Waals surface area contributed by atoms with Crippen molar-refractivity contribution in [2.45, 2.75) is 45.1 Å². The summed E-state index contributed by atoms with van der Waals surface area (Å²) >= 11 is 0. The molecular weight excluding hydrogens is 409 g/mol. The molecule has 6 nitrogen and oxygen atoms in total. The summed E-state index contributed by atoms with van der Waals surface area (Å²) in [5.41, 5.74) is -0.880. The Bertz CT molecular complexity index is 832. The highest BCUT2D eigenvalue weighted by atomic mass is 35.5. The van der Waals surface area contributed by atoms with Gasteiger partial charge in [0.15, 0.2) is 0 Å². The van der Waals surface area contributed by atoms with Crippen molar-refractivity contribution >= 4 is 18.3 Å². The second-order valence-electron chi connectivity index (χ2n) is 7.42. The number of rotatable bonds is 6. The smallest absolute Gasteiger partial charge is 0.416 e. The third-order valence-corrected chi connectivity index (χ3v) is 3.87. The highest BCUT2D eigenvalue weighted by Crippen LogP contribution is 2.35. The van der Waals surface area contributed by atoms with E-state index in [0.717, 1.165) is 6.07 Å². The number of carbonyl (C=O) groups is 1. The van der Waals surface area contributed by atoms with Gasteiger partial charge in [-0.25, -0.2) is 0 Å². The average Bonchev–Trinajstić information content (AvgIpc) is 2.98. The molecule has 0 fully saturated rings. The van der Waals surface area contributed by atoms with Gasteiger partial charge in [0.05, 0.1) is 11.8 Å². The standard InChI is InChI=1S/C19H25F3N4O2.ClH/c1-18(2,3)28-14-7-6-12(15(8-14)19(20,21)22)9-24-17(27)16(23-4)13-10-25-26(5)11-13;/h6-8,10-11,16,23H,9H2,1-5H3,(H,24,27);1H. The van der Waals surface area contributed by atoms with Gasteiger partial charge in [-0.2, -0.15) is 18.3 Å². The number of aryl methyl sites for hydroxylation is 1. The Balaban J connectivity index is 0.00000420. The molecule has 1 aromatic heterocycles. The molecule has 2 aromatic rings. The predicted octanol–water partition coefficient (Wildman–Crippen LogP) is 3.61. The lowest BCUT2D eigenvalue weighted by Crippen LogP contribution is -2.36. The molecule has 162 valence electrons. The highest BCUT2D eigenvalue weighted by Gasteiger charge is 2.34. The molecule has 1 atom stereocenters. The first-order chi connectivity index (χ1) is 12.9.